The smallest absolute Gasteiger partial charge is 0.291 e. The number of thiazole rings is 1. The summed E-state index contributed by atoms with van der Waals surface area (Å²) in [7, 11) is 1.61. The van der Waals surface area contributed by atoms with Crippen molar-refractivity contribution in [1.82, 2.24) is 14.6 Å². The molecule has 0 saturated carbocycles. The molecule has 0 unspecified atom stereocenters. The molecular formula is C21H15N3O3S. The molecule has 0 aliphatic carbocycles. The molecule has 0 N–H and O–H groups in total. The van der Waals surface area contributed by atoms with Crippen molar-refractivity contribution in [3.8, 4) is 17.3 Å². The largest absolute Gasteiger partial charge is 0.497 e. The Morgan fingerprint density at radius 3 is 2.82 bits per heavy atom. The second kappa shape index (κ2) is 6.31. The van der Waals surface area contributed by atoms with Crippen LogP contribution in [0.2, 0.25) is 0 Å². The molecule has 0 aliphatic rings. The van der Waals surface area contributed by atoms with Crippen LogP contribution in [-0.4, -0.2) is 21.7 Å². The lowest BCUT2D eigenvalue weighted by atomic mass is 10.1. The van der Waals surface area contributed by atoms with Gasteiger partial charge in [0.25, 0.3) is 5.56 Å². The van der Waals surface area contributed by atoms with Gasteiger partial charge in [0.15, 0.2) is 5.76 Å². The predicted molar refractivity (Wildman–Crippen MR) is 109 cm³/mol. The van der Waals surface area contributed by atoms with Crippen molar-refractivity contribution in [3.05, 3.63) is 74.5 Å². The van der Waals surface area contributed by atoms with Gasteiger partial charge in [0.2, 0.25) is 10.8 Å². The van der Waals surface area contributed by atoms with Gasteiger partial charge >= 0.3 is 0 Å². The van der Waals surface area contributed by atoms with Gasteiger partial charge in [-0.15, -0.1) is 5.10 Å². The van der Waals surface area contributed by atoms with Crippen molar-refractivity contribution >= 4 is 33.3 Å². The number of fused-ring (bicyclic) bond motifs is 2. The van der Waals surface area contributed by atoms with E-state index in [2.05, 4.69) is 10.1 Å². The molecule has 0 aliphatic heterocycles. The van der Waals surface area contributed by atoms with Gasteiger partial charge in [-0.25, -0.2) is 0 Å². The molecule has 0 spiro atoms. The van der Waals surface area contributed by atoms with E-state index in [0.717, 1.165) is 27.8 Å². The number of hydrogen-bond acceptors (Lipinski definition) is 6. The van der Waals surface area contributed by atoms with E-state index in [1.807, 2.05) is 61.5 Å². The number of methoxy groups -OCH3 is 1. The molecule has 5 rings (SSSR count). The van der Waals surface area contributed by atoms with Crippen LogP contribution < -0.4 is 14.8 Å². The summed E-state index contributed by atoms with van der Waals surface area (Å²) < 4.78 is 13.0. The minimum Gasteiger partial charge on any atom is -0.497 e. The average Bonchev–Trinajstić information content (AvgIpc) is 3.36. The van der Waals surface area contributed by atoms with Crippen molar-refractivity contribution in [2.24, 2.45) is 0 Å². The van der Waals surface area contributed by atoms with Crippen LogP contribution in [0.4, 0.5) is 0 Å². The molecule has 2 aromatic carbocycles. The zero-order valence-corrected chi connectivity index (χ0v) is 16.0. The number of benzene rings is 2. The van der Waals surface area contributed by atoms with E-state index in [1.54, 1.807) is 7.11 Å². The highest BCUT2D eigenvalue weighted by Crippen LogP contribution is 2.31. The van der Waals surface area contributed by atoms with Gasteiger partial charge in [0, 0.05) is 10.9 Å². The number of aryl methyl sites for hydroxylation is 1. The topological polar surface area (TPSA) is 69.6 Å². The van der Waals surface area contributed by atoms with Gasteiger partial charge in [-0.1, -0.05) is 41.7 Å². The monoisotopic (exact) mass is 389 g/mol. The fraction of sp³-hybridized carbons (Fsp3) is 0.0952. The second-order valence-electron chi connectivity index (χ2n) is 6.37. The number of ether oxygens (including phenoxy) is 1. The minimum absolute atomic E-state index is 0.199. The van der Waals surface area contributed by atoms with Gasteiger partial charge in [-0.05, 0) is 36.8 Å². The number of para-hydroxylation sites is 1. The Kier molecular flexibility index (Phi) is 3.77. The van der Waals surface area contributed by atoms with Gasteiger partial charge in [-0.3, -0.25) is 4.79 Å². The minimum atomic E-state index is -0.199. The van der Waals surface area contributed by atoms with Gasteiger partial charge in [0.1, 0.15) is 11.3 Å². The van der Waals surface area contributed by atoms with E-state index in [9.17, 15) is 4.79 Å². The number of nitrogens with zero attached hydrogens (tertiary/aromatic N) is 3. The quantitative estimate of drug-likeness (QED) is 0.473. The van der Waals surface area contributed by atoms with E-state index in [0.29, 0.717) is 21.1 Å². The molecule has 5 aromatic rings. The predicted octanol–water partition coefficient (Wildman–Crippen LogP) is 3.43. The number of furan rings is 1. The van der Waals surface area contributed by atoms with Crippen LogP contribution in [0, 0.1) is 6.92 Å². The molecule has 6 nitrogen and oxygen atoms in total. The molecule has 28 heavy (non-hydrogen) atoms. The summed E-state index contributed by atoms with van der Waals surface area (Å²) in [5, 5.41) is 5.42. The molecule has 3 aromatic heterocycles. The van der Waals surface area contributed by atoms with Crippen LogP contribution in [0.3, 0.4) is 0 Å². The molecule has 0 bridgehead atoms. The normalized spacial score (nSPS) is 12.3. The van der Waals surface area contributed by atoms with E-state index in [1.165, 1.54) is 15.9 Å². The van der Waals surface area contributed by atoms with Crippen LogP contribution >= 0.6 is 11.3 Å². The van der Waals surface area contributed by atoms with Crippen LogP contribution in [-0.2, 0) is 0 Å². The van der Waals surface area contributed by atoms with Crippen LogP contribution in [0.5, 0.6) is 5.75 Å². The summed E-state index contributed by atoms with van der Waals surface area (Å²) >= 11 is 1.30. The first-order valence-corrected chi connectivity index (χ1v) is 9.49. The van der Waals surface area contributed by atoms with E-state index in [4.69, 9.17) is 9.15 Å². The SMILES string of the molecule is COc1cccc(C=c2sc3nc(-c4oc5ccccc5c4C)nn3c2=O)c1. The Labute approximate surface area is 163 Å². The summed E-state index contributed by atoms with van der Waals surface area (Å²) in [6, 6.07) is 15.3. The number of aromatic nitrogens is 3. The maximum Gasteiger partial charge on any atom is 0.291 e. The van der Waals surface area contributed by atoms with Crippen molar-refractivity contribution in [3.63, 3.8) is 0 Å². The Morgan fingerprint density at radius 1 is 1.18 bits per heavy atom. The summed E-state index contributed by atoms with van der Waals surface area (Å²) in [6.07, 6.45) is 1.82. The zero-order chi connectivity index (χ0) is 19.3. The van der Waals surface area contributed by atoms with Gasteiger partial charge in [0.05, 0.1) is 11.6 Å². The zero-order valence-electron chi connectivity index (χ0n) is 15.2. The third-order valence-electron chi connectivity index (χ3n) is 4.62. The maximum atomic E-state index is 12.8. The fourth-order valence-corrected chi connectivity index (χ4v) is 4.11. The Morgan fingerprint density at radius 2 is 2.04 bits per heavy atom. The lowest BCUT2D eigenvalue weighted by Gasteiger charge is -1.99. The van der Waals surface area contributed by atoms with Crippen molar-refractivity contribution < 1.29 is 9.15 Å². The molecule has 0 radical (unpaired) electrons. The highest BCUT2D eigenvalue weighted by molar-refractivity contribution is 7.15. The van der Waals surface area contributed by atoms with E-state index in [-0.39, 0.29) is 5.56 Å². The van der Waals surface area contributed by atoms with Gasteiger partial charge < -0.3 is 9.15 Å². The molecule has 0 fully saturated rings. The van der Waals surface area contributed by atoms with Crippen LogP contribution in [0.25, 0.3) is 33.6 Å². The van der Waals surface area contributed by atoms with Gasteiger partial charge in [-0.2, -0.15) is 9.50 Å². The standard InChI is InChI=1S/C21H15N3O3S/c1-12-15-8-3-4-9-16(15)27-18(12)19-22-21-24(23-19)20(25)17(28-21)11-13-6-5-7-14(10-13)26-2/h3-11H,1-2H3. The average molecular weight is 389 g/mol. The molecule has 0 atom stereocenters. The summed E-state index contributed by atoms with van der Waals surface area (Å²) in [4.78, 5) is 17.8. The van der Waals surface area contributed by atoms with Crippen molar-refractivity contribution in [1.29, 1.82) is 0 Å². The summed E-state index contributed by atoms with van der Waals surface area (Å²) in [5.74, 6) is 1.75. The molecule has 7 heteroatoms. The third kappa shape index (κ3) is 2.59. The molecular weight excluding hydrogens is 374 g/mol. The van der Waals surface area contributed by atoms with E-state index < -0.39 is 0 Å². The maximum absolute atomic E-state index is 12.8. The van der Waals surface area contributed by atoms with Crippen molar-refractivity contribution in [2.45, 2.75) is 6.92 Å². The third-order valence-corrected chi connectivity index (χ3v) is 5.58. The summed E-state index contributed by atoms with van der Waals surface area (Å²) in [5.41, 5.74) is 2.43. The first-order chi connectivity index (χ1) is 13.6. The molecule has 138 valence electrons. The van der Waals surface area contributed by atoms with Crippen molar-refractivity contribution in [2.75, 3.05) is 7.11 Å². The first kappa shape index (κ1) is 16.7. The molecule has 0 amide bonds. The lowest BCUT2D eigenvalue weighted by molar-refractivity contribution is 0.414. The molecule has 0 saturated heterocycles. The first-order valence-electron chi connectivity index (χ1n) is 8.68. The van der Waals surface area contributed by atoms with E-state index >= 15 is 0 Å². The number of rotatable bonds is 3. The fourth-order valence-electron chi connectivity index (χ4n) is 3.20. The molecule has 3 heterocycles. The number of hydrogen-bond donors (Lipinski definition) is 0. The van der Waals surface area contributed by atoms with Crippen LogP contribution in [0.15, 0.2) is 57.7 Å². The highest BCUT2D eigenvalue weighted by Gasteiger charge is 2.18. The summed E-state index contributed by atoms with van der Waals surface area (Å²) in [6.45, 7) is 1.97. The second-order valence-corrected chi connectivity index (χ2v) is 7.38. The van der Waals surface area contributed by atoms with Crippen LogP contribution in [0.1, 0.15) is 11.1 Å². The Hall–Kier alpha value is -3.45. The highest BCUT2D eigenvalue weighted by atomic mass is 32.1. The Balaban J connectivity index is 1.63. The Bertz CT molecular complexity index is 1450. The lowest BCUT2D eigenvalue weighted by Crippen LogP contribution is -2.23.